The van der Waals surface area contributed by atoms with Gasteiger partial charge in [0.1, 0.15) is 29.5 Å². The quantitative estimate of drug-likeness (QED) is 0.217. The van der Waals surface area contributed by atoms with Crippen LogP contribution < -0.4 is 25.0 Å². The van der Waals surface area contributed by atoms with Crippen LogP contribution in [0.4, 0.5) is 11.5 Å². The summed E-state index contributed by atoms with van der Waals surface area (Å²) in [5.74, 6) is 0.228. The minimum atomic E-state index is -0.987. The second kappa shape index (κ2) is 14.0. The highest BCUT2D eigenvalue weighted by atomic mass is 16.5. The molecule has 3 aromatic carbocycles. The van der Waals surface area contributed by atoms with E-state index in [1.165, 1.54) is 0 Å². The molecule has 4 aromatic rings. The number of anilines is 2. The van der Waals surface area contributed by atoms with Crippen LogP contribution in [0.3, 0.4) is 0 Å². The number of ether oxygens (including phenoxy) is 3. The minimum Gasteiger partial charge on any atom is -0.490 e. The molecule has 1 aliphatic carbocycles. The number of nitrogens with one attached hydrogen (secondary N) is 2. The molecule has 4 heterocycles. The molecule has 53 heavy (non-hydrogen) atoms. The van der Waals surface area contributed by atoms with Gasteiger partial charge in [0.05, 0.1) is 24.3 Å². The van der Waals surface area contributed by atoms with Gasteiger partial charge in [-0.3, -0.25) is 29.4 Å². The molecule has 13 heteroatoms. The van der Waals surface area contributed by atoms with Crippen molar-refractivity contribution in [3.8, 4) is 17.5 Å². The molecule has 0 radical (unpaired) electrons. The number of amides is 4. The van der Waals surface area contributed by atoms with Gasteiger partial charge in [0.25, 0.3) is 11.8 Å². The molecule has 8 rings (SSSR count). The molecule has 1 atom stereocenters. The molecule has 4 amide bonds. The Hall–Kier alpha value is -5.82. The topological polar surface area (TPSA) is 152 Å². The van der Waals surface area contributed by atoms with Crippen molar-refractivity contribution in [2.45, 2.75) is 63.1 Å². The van der Waals surface area contributed by atoms with E-state index < -0.39 is 29.7 Å². The lowest BCUT2D eigenvalue weighted by molar-refractivity contribution is -0.136. The van der Waals surface area contributed by atoms with Crippen LogP contribution in [0.5, 0.6) is 17.5 Å². The molecule has 1 unspecified atom stereocenters. The third-order valence-corrected chi connectivity index (χ3v) is 10.5. The molecule has 3 fully saturated rings. The summed E-state index contributed by atoms with van der Waals surface area (Å²) < 4.78 is 17.7. The number of morpholine rings is 1. The number of benzene rings is 3. The fourth-order valence-corrected chi connectivity index (χ4v) is 7.28. The Labute approximate surface area is 306 Å². The molecule has 3 aliphatic heterocycles. The fourth-order valence-electron chi connectivity index (χ4n) is 7.28. The van der Waals surface area contributed by atoms with Crippen molar-refractivity contribution >= 4 is 35.1 Å². The van der Waals surface area contributed by atoms with Gasteiger partial charge in [0.2, 0.25) is 11.8 Å². The number of carbonyl (C=O) groups excluding carboxylic acids is 4. The number of imide groups is 2. The third kappa shape index (κ3) is 6.91. The molecule has 1 aromatic heterocycles. The second-order valence-corrected chi connectivity index (χ2v) is 14.3. The lowest BCUT2D eigenvalue weighted by Crippen LogP contribution is -2.54. The highest BCUT2D eigenvalue weighted by molar-refractivity contribution is 6.23. The van der Waals surface area contributed by atoms with Crippen molar-refractivity contribution in [1.82, 2.24) is 20.2 Å². The van der Waals surface area contributed by atoms with Gasteiger partial charge < -0.3 is 24.4 Å². The van der Waals surface area contributed by atoms with Crippen molar-refractivity contribution in [3.63, 3.8) is 0 Å². The lowest BCUT2D eigenvalue weighted by atomic mass is 9.78. The first-order valence-electron chi connectivity index (χ1n) is 18.0. The lowest BCUT2D eigenvalue weighted by Gasteiger charge is -2.36. The molecular formula is C40H40N6O7. The Morgan fingerprint density at radius 2 is 1.53 bits per heavy atom. The average Bonchev–Trinajstić information content (AvgIpc) is 3.39. The Balaban J connectivity index is 0.832. The minimum absolute atomic E-state index is 0.0399. The Morgan fingerprint density at radius 1 is 0.849 bits per heavy atom. The highest BCUT2D eigenvalue weighted by Gasteiger charge is 2.45. The van der Waals surface area contributed by atoms with Crippen LogP contribution in [-0.4, -0.2) is 83.0 Å². The van der Waals surface area contributed by atoms with Crippen molar-refractivity contribution in [2.24, 2.45) is 0 Å². The number of hydrogen-bond acceptors (Lipinski definition) is 11. The van der Waals surface area contributed by atoms with E-state index >= 15 is 0 Å². The van der Waals surface area contributed by atoms with Crippen LogP contribution in [0.25, 0.3) is 0 Å². The third-order valence-electron chi connectivity index (χ3n) is 10.5. The molecule has 272 valence electrons. The smallest absolute Gasteiger partial charge is 0.323 e. The molecule has 2 saturated heterocycles. The van der Waals surface area contributed by atoms with E-state index in [2.05, 4.69) is 63.6 Å². The molecule has 2 N–H and O–H groups in total. The Kier molecular flexibility index (Phi) is 9.03. The first-order chi connectivity index (χ1) is 25.6. The number of nitrogens with zero attached hydrogens (tertiary/aromatic N) is 4. The summed E-state index contributed by atoms with van der Waals surface area (Å²) in [6, 6.07) is 22.6. The molecular weight excluding hydrogens is 676 g/mol. The summed E-state index contributed by atoms with van der Waals surface area (Å²) >= 11 is 0. The maximum atomic E-state index is 13.2. The zero-order chi connectivity index (χ0) is 36.7. The SMILES string of the molecule is CC(C)(c1ccc(Oc2nccc(N3CCOCC3)n2)cc1)c1ccc(O[C@H]2C[C@H](Nc3ccc4c(c3)C(=O)N(C3CCC(=O)NC3=O)C4=O)C2)cc1. The van der Waals surface area contributed by atoms with E-state index in [1.807, 2.05) is 30.3 Å². The van der Waals surface area contributed by atoms with E-state index in [9.17, 15) is 19.2 Å². The normalized spacial score (nSPS) is 21.5. The van der Waals surface area contributed by atoms with Gasteiger partial charge in [0.15, 0.2) is 0 Å². The van der Waals surface area contributed by atoms with Crippen LogP contribution in [-0.2, 0) is 19.7 Å². The number of hydrogen-bond donors (Lipinski definition) is 2. The van der Waals surface area contributed by atoms with Crippen LogP contribution in [0.15, 0.2) is 79.0 Å². The zero-order valence-electron chi connectivity index (χ0n) is 29.5. The maximum absolute atomic E-state index is 13.2. The van der Waals surface area contributed by atoms with Crippen molar-refractivity contribution < 1.29 is 33.4 Å². The zero-order valence-corrected chi connectivity index (χ0v) is 29.5. The molecule has 1 saturated carbocycles. The second-order valence-electron chi connectivity index (χ2n) is 14.3. The summed E-state index contributed by atoms with van der Waals surface area (Å²) in [6.07, 6.45) is 3.51. The first kappa shape index (κ1) is 34.3. The average molecular weight is 717 g/mol. The highest BCUT2D eigenvalue weighted by Crippen LogP contribution is 2.36. The Morgan fingerprint density at radius 3 is 2.23 bits per heavy atom. The number of piperidine rings is 1. The van der Waals surface area contributed by atoms with E-state index in [0.717, 1.165) is 59.2 Å². The summed E-state index contributed by atoms with van der Waals surface area (Å²) in [7, 11) is 0. The van der Waals surface area contributed by atoms with Gasteiger partial charge in [0, 0.05) is 55.7 Å². The predicted octanol–water partition coefficient (Wildman–Crippen LogP) is 4.85. The summed E-state index contributed by atoms with van der Waals surface area (Å²) in [6.45, 7) is 7.31. The number of rotatable bonds is 10. The largest absolute Gasteiger partial charge is 0.490 e. The summed E-state index contributed by atoms with van der Waals surface area (Å²) in [5, 5.41) is 5.66. The Bertz CT molecular complexity index is 2060. The van der Waals surface area contributed by atoms with E-state index in [-0.39, 0.29) is 41.5 Å². The van der Waals surface area contributed by atoms with Crippen molar-refractivity contribution in [1.29, 1.82) is 0 Å². The maximum Gasteiger partial charge on any atom is 0.323 e. The first-order valence-corrected chi connectivity index (χ1v) is 18.0. The van der Waals surface area contributed by atoms with Crippen LogP contribution >= 0.6 is 0 Å². The standard InChI is InChI=1S/C40H40N6O7/c1-40(2,25-5-10-29(11-6-25)53-39-41-16-15-34(43-39)45-17-19-51-20-18-45)24-3-8-28(9-4-24)52-30-21-27(22-30)42-26-7-12-31-32(23-26)38(50)46(37(31)49)33-13-14-35(47)44-36(33)48/h3-12,15-16,23,27,30,33,42H,13-14,17-22H2,1-2H3,(H,44,47,48)/t27-,30-,33?. The van der Waals surface area contributed by atoms with Gasteiger partial charge in [-0.25, -0.2) is 4.98 Å². The van der Waals surface area contributed by atoms with Crippen LogP contribution in [0, 0.1) is 0 Å². The molecule has 0 spiro atoms. The predicted molar refractivity (Wildman–Crippen MR) is 194 cm³/mol. The van der Waals surface area contributed by atoms with Crippen LogP contribution in [0.1, 0.15) is 71.4 Å². The van der Waals surface area contributed by atoms with Gasteiger partial charge in [-0.15, -0.1) is 0 Å². The van der Waals surface area contributed by atoms with Crippen molar-refractivity contribution in [2.75, 3.05) is 36.5 Å². The molecule has 13 nitrogen and oxygen atoms in total. The fraction of sp³-hybridized carbons (Fsp3) is 0.350. The van der Waals surface area contributed by atoms with Gasteiger partial charge >= 0.3 is 6.01 Å². The van der Waals surface area contributed by atoms with E-state index in [1.54, 1.807) is 24.4 Å². The van der Waals surface area contributed by atoms with Gasteiger partial charge in [-0.05, 0) is 66.1 Å². The van der Waals surface area contributed by atoms with Gasteiger partial charge in [-0.2, -0.15) is 4.98 Å². The number of aromatic nitrogens is 2. The van der Waals surface area contributed by atoms with Crippen LogP contribution in [0.2, 0.25) is 0 Å². The summed E-state index contributed by atoms with van der Waals surface area (Å²) in [4.78, 5) is 62.1. The van der Waals surface area contributed by atoms with Gasteiger partial charge in [-0.1, -0.05) is 38.1 Å². The molecule has 0 bridgehead atoms. The molecule has 4 aliphatic rings. The number of carbonyl (C=O) groups is 4. The van der Waals surface area contributed by atoms with E-state index in [0.29, 0.717) is 25.0 Å². The van der Waals surface area contributed by atoms with E-state index in [4.69, 9.17) is 14.2 Å². The number of fused-ring (bicyclic) bond motifs is 1. The monoisotopic (exact) mass is 716 g/mol. The van der Waals surface area contributed by atoms with Crippen molar-refractivity contribution in [3.05, 3.63) is 101 Å². The summed E-state index contributed by atoms with van der Waals surface area (Å²) in [5.41, 5.74) is 3.25.